The Hall–Kier alpha value is -1.35. The number of aromatic nitrogens is 2. The molecule has 1 aromatic carbocycles. The zero-order valence-corrected chi connectivity index (χ0v) is 15.2. The van der Waals surface area contributed by atoms with Crippen LogP contribution in [0.1, 0.15) is 41.5 Å². The first-order chi connectivity index (χ1) is 10.4. The Morgan fingerprint density at radius 3 is 2.00 bits per heavy atom. The highest BCUT2D eigenvalue weighted by Crippen LogP contribution is 2.57. The molecule has 2 rings (SSSR count). The molecule has 0 aliphatic carbocycles. The molecule has 0 radical (unpaired) electrons. The van der Waals surface area contributed by atoms with Gasteiger partial charge in [0.2, 0.25) is 0 Å². The van der Waals surface area contributed by atoms with Crippen molar-refractivity contribution in [2.24, 2.45) is 0 Å². The molecule has 0 unspecified atom stereocenters. The lowest BCUT2D eigenvalue weighted by Crippen LogP contribution is -2.35. The maximum Gasteiger partial charge on any atom is 0.196 e. The molecule has 2 aromatic rings. The van der Waals surface area contributed by atoms with Gasteiger partial charge < -0.3 is 0 Å². The van der Waals surface area contributed by atoms with Gasteiger partial charge in [0.05, 0.1) is 5.69 Å². The van der Waals surface area contributed by atoms with Gasteiger partial charge in [-0.05, 0) is 30.4 Å². The predicted molar refractivity (Wildman–Crippen MR) is 89.5 cm³/mol. The molecule has 6 heteroatoms. The molecule has 0 N–H and O–H groups in total. The van der Waals surface area contributed by atoms with E-state index in [1.807, 2.05) is 0 Å². The van der Waals surface area contributed by atoms with Crippen LogP contribution in [0.5, 0.6) is 0 Å². The molecule has 126 valence electrons. The summed E-state index contributed by atoms with van der Waals surface area (Å²) in [6.07, 6.45) is 3.17. The number of imidazole rings is 1. The molecule has 0 fully saturated rings. The molecule has 1 aromatic heterocycles. The van der Waals surface area contributed by atoms with Gasteiger partial charge in [0.25, 0.3) is 0 Å². The van der Waals surface area contributed by atoms with Gasteiger partial charge in [-0.25, -0.2) is 18.2 Å². The zero-order valence-electron chi connectivity index (χ0n) is 14.3. The average Bonchev–Trinajstić information content (AvgIpc) is 2.81. The first-order valence-electron chi connectivity index (χ1n) is 7.42. The third-order valence-electron chi connectivity index (χ3n) is 3.44. The summed E-state index contributed by atoms with van der Waals surface area (Å²) >= 11 is 0. The molecule has 2 nitrogen and oxygen atoms in total. The van der Waals surface area contributed by atoms with Crippen LogP contribution in [0.2, 0.25) is 0 Å². The summed E-state index contributed by atoms with van der Waals surface area (Å²) in [7, 11) is -0.806. The summed E-state index contributed by atoms with van der Waals surface area (Å²) < 4.78 is 42.6. The van der Waals surface area contributed by atoms with E-state index in [1.54, 1.807) is 17.0 Å². The van der Waals surface area contributed by atoms with Crippen molar-refractivity contribution >= 4 is 13.5 Å². The van der Waals surface area contributed by atoms with Crippen molar-refractivity contribution in [3.8, 4) is 5.69 Å². The highest BCUT2D eigenvalue weighted by molar-refractivity contribution is 7.68. The first kappa shape index (κ1) is 18.0. The fourth-order valence-electron chi connectivity index (χ4n) is 2.96. The van der Waals surface area contributed by atoms with Crippen molar-refractivity contribution in [3.05, 3.63) is 42.0 Å². The quantitative estimate of drug-likeness (QED) is 0.555. The Bertz CT molecular complexity index is 698. The van der Waals surface area contributed by atoms with Crippen LogP contribution >= 0.6 is 7.92 Å². The van der Waals surface area contributed by atoms with Gasteiger partial charge >= 0.3 is 0 Å². The van der Waals surface area contributed by atoms with Crippen LogP contribution in [0.4, 0.5) is 13.2 Å². The van der Waals surface area contributed by atoms with Crippen LogP contribution in [-0.2, 0) is 0 Å². The Balaban J connectivity index is 2.67. The monoisotopic (exact) mass is 342 g/mol. The van der Waals surface area contributed by atoms with E-state index in [-0.39, 0.29) is 16.0 Å². The van der Waals surface area contributed by atoms with E-state index in [1.165, 1.54) is 6.07 Å². The van der Waals surface area contributed by atoms with Crippen molar-refractivity contribution in [1.29, 1.82) is 0 Å². The minimum absolute atomic E-state index is 0.0163. The van der Waals surface area contributed by atoms with Gasteiger partial charge in [0, 0.05) is 12.4 Å². The number of benzene rings is 1. The predicted octanol–water partition coefficient (Wildman–Crippen LogP) is 4.99. The van der Waals surface area contributed by atoms with E-state index in [0.29, 0.717) is 5.57 Å². The smallest absolute Gasteiger partial charge is 0.196 e. The normalized spacial score (nSPS) is 13.0. The van der Waals surface area contributed by atoms with Gasteiger partial charge in [-0.15, -0.1) is 0 Å². The van der Waals surface area contributed by atoms with Crippen LogP contribution in [0, 0.1) is 17.5 Å². The van der Waals surface area contributed by atoms with Crippen molar-refractivity contribution < 1.29 is 13.2 Å². The van der Waals surface area contributed by atoms with Crippen LogP contribution < -0.4 is 5.57 Å². The number of halogens is 3. The highest BCUT2D eigenvalue weighted by atomic mass is 31.1. The third kappa shape index (κ3) is 3.45. The maximum absolute atomic E-state index is 14.2. The summed E-state index contributed by atoms with van der Waals surface area (Å²) in [5.74, 6) is -3.85. The third-order valence-corrected chi connectivity index (χ3v) is 6.85. The van der Waals surface area contributed by atoms with E-state index in [9.17, 15) is 13.2 Å². The number of hydrogen-bond donors (Lipinski definition) is 0. The fourth-order valence-corrected chi connectivity index (χ4v) is 6.74. The summed E-state index contributed by atoms with van der Waals surface area (Å²) in [6.45, 7) is 12.7. The summed E-state index contributed by atoms with van der Waals surface area (Å²) in [4.78, 5) is 4.43. The summed E-state index contributed by atoms with van der Waals surface area (Å²) in [6, 6.07) is 2.19. The summed E-state index contributed by atoms with van der Waals surface area (Å²) in [5, 5.41) is -0.155. The molecule has 1 heterocycles. The molecule has 0 aliphatic rings. The lowest BCUT2D eigenvalue weighted by Gasteiger charge is -2.40. The number of rotatable bonds is 2. The molecule has 0 spiro atoms. The minimum Gasteiger partial charge on any atom is -0.297 e. The van der Waals surface area contributed by atoms with Crippen molar-refractivity contribution in [1.82, 2.24) is 9.55 Å². The molecule has 0 saturated carbocycles. The highest BCUT2D eigenvalue weighted by Gasteiger charge is 2.39. The fraction of sp³-hybridized carbons (Fsp3) is 0.471. The van der Waals surface area contributed by atoms with E-state index >= 15 is 0 Å². The van der Waals surface area contributed by atoms with Crippen LogP contribution in [-0.4, -0.2) is 19.9 Å². The van der Waals surface area contributed by atoms with Gasteiger partial charge in [-0.1, -0.05) is 41.5 Å². The maximum atomic E-state index is 14.2. The van der Waals surface area contributed by atoms with Gasteiger partial charge in [0.15, 0.2) is 17.5 Å². The molecule has 0 saturated heterocycles. The topological polar surface area (TPSA) is 17.8 Å². The van der Waals surface area contributed by atoms with E-state index < -0.39 is 25.4 Å². The average molecular weight is 342 g/mol. The molecule has 0 atom stereocenters. The van der Waals surface area contributed by atoms with Crippen molar-refractivity contribution in [2.75, 3.05) is 0 Å². The summed E-state index contributed by atoms with van der Waals surface area (Å²) in [5.41, 5.74) is 0.683. The molecular weight excluding hydrogens is 320 g/mol. The minimum atomic E-state index is -1.46. The zero-order chi connectivity index (χ0) is 17.6. The second kappa shape index (κ2) is 5.94. The van der Waals surface area contributed by atoms with Crippen molar-refractivity contribution in [3.63, 3.8) is 0 Å². The van der Waals surface area contributed by atoms with Crippen LogP contribution in [0.25, 0.3) is 5.69 Å². The van der Waals surface area contributed by atoms with Crippen LogP contribution in [0.3, 0.4) is 0 Å². The first-order valence-corrected chi connectivity index (χ1v) is 8.76. The molecule has 0 amide bonds. The standard InChI is InChI=1S/C17H22F3N2P/c1-16(2,3)23(17(4,5)6)15-21-9-10-22(15)12-8-7-11(18)13(19)14(12)20/h7-10H,1-6H3. The SMILES string of the molecule is CC(C)(C)P(c1nccn1-c1ccc(F)c(F)c1F)C(C)(C)C. The lowest BCUT2D eigenvalue weighted by molar-refractivity contribution is 0.445. The second-order valence-corrected chi connectivity index (χ2v) is 11.2. The van der Waals surface area contributed by atoms with Gasteiger partial charge in [-0.2, -0.15) is 0 Å². The van der Waals surface area contributed by atoms with E-state index in [0.717, 1.165) is 6.07 Å². The molecular formula is C17H22F3N2P. The Labute approximate surface area is 136 Å². The Morgan fingerprint density at radius 2 is 1.48 bits per heavy atom. The largest absolute Gasteiger partial charge is 0.297 e. The van der Waals surface area contributed by atoms with Gasteiger partial charge in [-0.3, -0.25) is 4.57 Å². The van der Waals surface area contributed by atoms with E-state index in [4.69, 9.17) is 0 Å². The second-order valence-electron chi connectivity index (χ2n) is 7.47. The Morgan fingerprint density at radius 1 is 0.913 bits per heavy atom. The van der Waals surface area contributed by atoms with Crippen molar-refractivity contribution in [2.45, 2.75) is 51.9 Å². The number of hydrogen-bond acceptors (Lipinski definition) is 1. The van der Waals surface area contributed by atoms with E-state index in [2.05, 4.69) is 46.5 Å². The molecule has 0 bridgehead atoms. The molecule has 0 aliphatic heterocycles. The lowest BCUT2D eigenvalue weighted by atomic mass is 10.2. The Kier molecular flexibility index (Phi) is 4.64. The number of nitrogens with zero attached hydrogens (tertiary/aromatic N) is 2. The molecule has 23 heavy (non-hydrogen) atoms. The van der Waals surface area contributed by atoms with Crippen LogP contribution in [0.15, 0.2) is 24.5 Å². The van der Waals surface area contributed by atoms with Gasteiger partial charge in [0.1, 0.15) is 5.57 Å².